The molecule has 0 saturated carbocycles. The number of halogens is 3. The lowest BCUT2D eigenvalue weighted by atomic mass is 9.76. The molecule has 1 aliphatic heterocycles. The first-order valence-corrected chi connectivity index (χ1v) is 9.90. The first kappa shape index (κ1) is 20.8. The number of hydrogen-bond acceptors (Lipinski definition) is 4. The van der Waals surface area contributed by atoms with Gasteiger partial charge in [-0.1, -0.05) is 18.2 Å². The molecule has 0 saturated heterocycles. The summed E-state index contributed by atoms with van der Waals surface area (Å²) >= 11 is 0. The van der Waals surface area contributed by atoms with Gasteiger partial charge in [0.15, 0.2) is 5.78 Å². The van der Waals surface area contributed by atoms with Crippen LogP contribution in [-0.4, -0.2) is 16.7 Å². The summed E-state index contributed by atoms with van der Waals surface area (Å²) in [7, 11) is 0. The Balaban J connectivity index is 1.78. The number of benzene rings is 1. The maximum atomic E-state index is 13.4. The highest BCUT2D eigenvalue weighted by Gasteiger charge is 2.40. The van der Waals surface area contributed by atoms with Crippen molar-refractivity contribution in [1.82, 2.24) is 10.3 Å². The summed E-state index contributed by atoms with van der Waals surface area (Å²) in [5, 5.41) is 5.55. The number of carbonyl (C=O) groups is 2. The van der Waals surface area contributed by atoms with Crippen LogP contribution < -0.4 is 10.6 Å². The van der Waals surface area contributed by atoms with Gasteiger partial charge in [-0.05, 0) is 44.0 Å². The van der Waals surface area contributed by atoms with Gasteiger partial charge in [0.05, 0.1) is 22.9 Å². The maximum Gasteiger partial charge on any atom is 0.418 e. The molecule has 1 aromatic carbocycles. The van der Waals surface area contributed by atoms with Crippen LogP contribution >= 0.6 is 0 Å². The number of ketones is 1. The first-order valence-electron chi connectivity index (χ1n) is 9.90. The Morgan fingerprint density at radius 1 is 1.13 bits per heavy atom. The number of allylic oxidation sites excluding steroid dienone is 3. The fourth-order valence-corrected chi connectivity index (χ4v) is 4.16. The van der Waals surface area contributed by atoms with Gasteiger partial charge in [-0.15, -0.1) is 0 Å². The van der Waals surface area contributed by atoms with E-state index in [0.29, 0.717) is 36.2 Å². The van der Waals surface area contributed by atoms with Crippen molar-refractivity contribution < 1.29 is 22.8 Å². The van der Waals surface area contributed by atoms with Gasteiger partial charge >= 0.3 is 6.18 Å². The molecule has 0 spiro atoms. The summed E-state index contributed by atoms with van der Waals surface area (Å²) in [6.07, 6.45) is -1.34. The highest BCUT2D eigenvalue weighted by molar-refractivity contribution is 6.09. The van der Waals surface area contributed by atoms with Crippen molar-refractivity contribution in [2.75, 3.05) is 5.32 Å². The Hall–Kier alpha value is -3.42. The molecule has 5 nitrogen and oxygen atoms in total. The second-order valence-electron chi connectivity index (χ2n) is 7.52. The molecule has 1 unspecified atom stereocenters. The number of aromatic nitrogens is 1. The van der Waals surface area contributed by atoms with E-state index in [-0.39, 0.29) is 17.0 Å². The molecular weight excluding hydrogens is 407 g/mol. The minimum Gasteiger partial charge on any atom is -0.362 e. The van der Waals surface area contributed by atoms with E-state index < -0.39 is 23.6 Å². The number of anilines is 1. The Morgan fingerprint density at radius 3 is 2.58 bits per heavy atom. The zero-order valence-corrected chi connectivity index (χ0v) is 16.7. The van der Waals surface area contributed by atoms with Crippen LogP contribution in [0, 0.1) is 0 Å². The van der Waals surface area contributed by atoms with E-state index in [4.69, 9.17) is 0 Å². The lowest BCUT2D eigenvalue weighted by molar-refractivity contribution is -0.137. The lowest BCUT2D eigenvalue weighted by Crippen LogP contribution is -2.36. The van der Waals surface area contributed by atoms with Crippen LogP contribution in [-0.2, 0) is 15.8 Å². The van der Waals surface area contributed by atoms with Gasteiger partial charge in [0.25, 0.3) is 5.91 Å². The second-order valence-corrected chi connectivity index (χ2v) is 7.52. The molecule has 2 N–H and O–H groups in total. The molecule has 2 heterocycles. The van der Waals surface area contributed by atoms with Gasteiger partial charge in [0, 0.05) is 35.2 Å². The fourth-order valence-electron chi connectivity index (χ4n) is 4.16. The predicted molar refractivity (Wildman–Crippen MR) is 109 cm³/mol. The molecule has 1 aliphatic carbocycles. The van der Waals surface area contributed by atoms with E-state index in [1.54, 1.807) is 31.3 Å². The van der Waals surface area contributed by atoms with Gasteiger partial charge in [-0.2, -0.15) is 13.2 Å². The first-order chi connectivity index (χ1) is 14.8. The van der Waals surface area contributed by atoms with Gasteiger partial charge in [-0.25, -0.2) is 0 Å². The highest BCUT2D eigenvalue weighted by atomic mass is 19.4. The largest absolute Gasteiger partial charge is 0.418 e. The summed E-state index contributed by atoms with van der Waals surface area (Å²) in [6, 6.07) is 10.00. The van der Waals surface area contributed by atoms with Crippen molar-refractivity contribution in [2.45, 2.75) is 38.3 Å². The van der Waals surface area contributed by atoms with Crippen LogP contribution in [0.15, 0.2) is 71.2 Å². The zero-order chi connectivity index (χ0) is 22.2. The highest BCUT2D eigenvalue weighted by Crippen LogP contribution is 2.42. The van der Waals surface area contributed by atoms with Crippen LogP contribution in [0.25, 0.3) is 0 Å². The van der Waals surface area contributed by atoms with Crippen molar-refractivity contribution >= 4 is 17.4 Å². The number of Topliss-reactive ketones (excluding diaryl/α,β-unsaturated/α-hetero) is 1. The molecule has 0 fully saturated rings. The van der Waals surface area contributed by atoms with Crippen molar-refractivity contribution in [3.63, 3.8) is 0 Å². The van der Waals surface area contributed by atoms with Crippen LogP contribution in [0.1, 0.15) is 43.4 Å². The number of alkyl halides is 3. The molecule has 1 atom stereocenters. The maximum absolute atomic E-state index is 13.4. The molecule has 4 rings (SSSR count). The molecule has 2 aromatic rings. The standard InChI is InChI=1S/C23H20F3N3O2/c1-13-19(22(31)29-15-8-3-2-7-14(15)23(24,25)26)21(16-9-4-5-12-27-16)20-17(28-13)10-6-11-18(20)30/h2-5,7-9,12,21,28H,6,10-11H2,1H3,(H,29,31). The summed E-state index contributed by atoms with van der Waals surface area (Å²) in [4.78, 5) is 30.4. The van der Waals surface area contributed by atoms with Gasteiger partial charge in [-0.3, -0.25) is 14.6 Å². The van der Waals surface area contributed by atoms with E-state index in [9.17, 15) is 22.8 Å². The van der Waals surface area contributed by atoms with E-state index in [1.807, 2.05) is 0 Å². The van der Waals surface area contributed by atoms with Crippen LogP contribution in [0.3, 0.4) is 0 Å². The average Bonchev–Trinajstić information content (AvgIpc) is 2.73. The average molecular weight is 427 g/mol. The number of nitrogens with zero attached hydrogens (tertiary/aromatic N) is 1. The monoisotopic (exact) mass is 427 g/mol. The van der Waals surface area contributed by atoms with Crippen molar-refractivity contribution in [3.05, 3.63) is 82.5 Å². The number of para-hydroxylation sites is 1. The Kier molecular flexibility index (Phi) is 5.39. The van der Waals surface area contributed by atoms with E-state index >= 15 is 0 Å². The number of rotatable bonds is 3. The quantitative estimate of drug-likeness (QED) is 0.745. The molecule has 0 bridgehead atoms. The smallest absolute Gasteiger partial charge is 0.362 e. The minimum atomic E-state index is -4.62. The number of carbonyl (C=O) groups excluding carboxylic acids is 2. The SMILES string of the molecule is CC1=C(C(=O)Nc2ccccc2C(F)(F)F)C(c2ccccn2)C2=C(CCCC2=O)N1. The molecular formula is C23H20F3N3O2. The zero-order valence-electron chi connectivity index (χ0n) is 16.7. The van der Waals surface area contributed by atoms with Crippen LogP contribution in [0.5, 0.6) is 0 Å². The third-order valence-electron chi connectivity index (χ3n) is 5.48. The summed E-state index contributed by atoms with van der Waals surface area (Å²) in [5.74, 6) is -1.54. The molecule has 8 heteroatoms. The summed E-state index contributed by atoms with van der Waals surface area (Å²) in [6.45, 7) is 1.68. The van der Waals surface area contributed by atoms with Gasteiger partial charge in [0.2, 0.25) is 0 Å². The van der Waals surface area contributed by atoms with E-state index in [2.05, 4.69) is 15.6 Å². The molecule has 1 aromatic heterocycles. The number of hydrogen-bond donors (Lipinski definition) is 2. The van der Waals surface area contributed by atoms with E-state index in [1.165, 1.54) is 18.2 Å². The van der Waals surface area contributed by atoms with Crippen LogP contribution in [0.4, 0.5) is 18.9 Å². The van der Waals surface area contributed by atoms with E-state index in [0.717, 1.165) is 11.8 Å². The number of amides is 1. The Bertz CT molecular complexity index is 1100. The molecule has 160 valence electrons. The number of dihydropyridines is 1. The molecule has 0 radical (unpaired) electrons. The molecule has 31 heavy (non-hydrogen) atoms. The minimum absolute atomic E-state index is 0.0853. The van der Waals surface area contributed by atoms with Gasteiger partial charge in [0.1, 0.15) is 0 Å². The number of nitrogens with one attached hydrogen (secondary N) is 2. The number of pyridine rings is 1. The van der Waals surface area contributed by atoms with Crippen LogP contribution in [0.2, 0.25) is 0 Å². The topological polar surface area (TPSA) is 71.1 Å². The Morgan fingerprint density at radius 2 is 1.87 bits per heavy atom. The lowest BCUT2D eigenvalue weighted by Gasteiger charge is -2.34. The molecule has 2 aliphatic rings. The Labute approximate surface area is 177 Å². The summed E-state index contributed by atoms with van der Waals surface area (Å²) < 4.78 is 40.2. The second kappa shape index (κ2) is 8.02. The fraction of sp³-hybridized carbons (Fsp3) is 0.261. The summed E-state index contributed by atoms with van der Waals surface area (Å²) in [5.41, 5.74) is 1.11. The van der Waals surface area contributed by atoms with Crippen molar-refractivity contribution in [2.24, 2.45) is 0 Å². The normalized spacial score (nSPS) is 19.1. The van der Waals surface area contributed by atoms with Crippen molar-refractivity contribution in [3.8, 4) is 0 Å². The predicted octanol–water partition coefficient (Wildman–Crippen LogP) is 4.71. The van der Waals surface area contributed by atoms with Gasteiger partial charge < -0.3 is 10.6 Å². The third-order valence-corrected chi connectivity index (χ3v) is 5.48. The third kappa shape index (κ3) is 3.97. The molecule has 1 amide bonds. The van der Waals surface area contributed by atoms with Crippen molar-refractivity contribution in [1.29, 1.82) is 0 Å².